The maximum absolute atomic E-state index is 5.96. The summed E-state index contributed by atoms with van der Waals surface area (Å²) in [5, 5.41) is 6.62. The molecule has 2 N–H and O–H groups in total. The molecular weight excluding hydrogens is 483 g/mol. The topological polar surface area (TPSA) is 71.3 Å². The number of ether oxygens (including phenoxy) is 2. The van der Waals surface area contributed by atoms with E-state index in [2.05, 4.69) is 15.5 Å². The Hall–Kier alpha value is -1.94. The lowest BCUT2D eigenvalue weighted by molar-refractivity contribution is 0.222. The summed E-state index contributed by atoms with van der Waals surface area (Å²) in [5.74, 6) is 3.21. The van der Waals surface area contributed by atoms with E-state index in [9.17, 15) is 0 Å². The number of furan rings is 1. The first-order valence-corrected chi connectivity index (χ1v) is 9.56. The van der Waals surface area contributed by atoms with Crippen molar-refractivity contribution < 1.29 is 13.9 Å². The van der Waals surface area contributed by atoms with E-state index in [1.807, 2.05) is 64.3 Å². The number of aliphatic imine (C=N–C) groups is 1. The highest BCUT2D eigenvalue weighted by Crippen LogP contribution is 2.20. The zero-order valence-electron chi connectivity index (χ0n) is 17.8. The van der Waals surface area contributed by atoms with Crippen LogP contribution >= 0.6 is 24.0 Å². The SMILES string of the molecule is CCNC(=NCC(c1ccco1)N(C)C)NCC(C)Oc1cccc(OC)c1.I. The fourth-order valence-electron chi connectivity index (χ4n) is 2.70. The van der Waals surface area contributed by atoms with E-state index in [4.69, 9.17) is 18.9 Å². The largest absolute Gasteiger partial charge is 0.497 e. The minimum Gasteiger partial charge on any atom is -0.497 e. The molecule has 7 nitrogen and oxygen atoms in total. The van der Waals surface area contributed by atoms with Crippen LogP contribution < -0.4 is 20.1 Å². The van der Waals surface area contributed by atoms with Crippen molar-refractivity contribution in [2.75, 3.05) is 40.8 Å². The van der Waals surface area contributed by atoms with E-state index in [-0.39, 0.29) is 36.1 Å². The number of hydrogen-bond donors (Lipinski definition) is 2. The number of nitrogens with zero attached hydrogens (tertiary/aromatic N) is 2. The van der Waals surface area contributed by atoms with E-state index >= 15 is 0 Å². The van der Waals surface area contributed by atoms with Gasteiger partial charge in [0.1, 0.15) is 23.4 Å². The molecule has 0 saturated carbocycles. The van der Waals surface area contributed by atoms with Crippen molar-refractivity contribution >= 4 is 29.9 Å². The molecule has 8 heteroatoms. The summed E-state index contributed by atoms with van der Waals surface area (Å²) >= 11 is 0. The Morgan fingerprint density at radius 2 is 1.93 bits per heavy atom. The van der Waals surface area contributed by atoms with Crippen molar-refractivity contribution in [3.8, 4) is 11.5 Å². The van der Waals surface area contributed by atoms with Crippen LogP contribution in [0.15, 0.2) is 52.1 Å². The van der Waals surface area contributed by atoms with Gasteiger partial charge in [0.2, 0.25) is 0 Å². The van der Waals surface area contributed by atoms with Crippen molar-refractivity contribution in [1.82, 2.24) is 15.5 Å². The zero-order chi connectivity index (χ0) is 20.4. The number of halogens is 1. The summed E-state index contributed by atoms with van der Waals surface area (Å²) in [6.45, 7) is 6.05. The van der Waals surface area contributed by atoms with E-state index < -0.39 is 0 Å². The molecule has 1 aromatic carbocycles. The van der Waals surface area contributed by atoms with Gasteiger partial charge >= 0.3 is 0 Å². The van der Waals surface area contributed by atoms with E-state index in [0.717, 1.165) is 29.8 Å². The van der Waals surface area contributed by atoms with Crippen molar-refractivity contribution in [2.24, 2.45) is 4.99 Å². The van der Waals surface area contributed by atoms with Gasteiger partial charge in [-0.05, 0) is 52.2 Å². The Morgan fingerprint density at radius 3 is 2.55 bits per heavy atom. The highest BCUT2D eigenvalue weighted by molar-refractivity contribution is 14.0. The molecule has 2 rings (SSSR count). The van der Waals surface area contributed by atoms with Crippen LogP contribution in [0.2, 0.25) is 0 Å². The number of hydrogen-bond acceptors (Lipinski definition) is 5. The molecule has 2 unspecified atom stereocenters. The Morgan fingerprint density at radius 1 is 1.17 bits per heavy atom. The minimum atomic E-state index is -0.0364. The fourth-order valence-corrected chi connectivity index (χ4v) is 2.70. The molecule has 0 aliphatic carbocycles. The van der Waals surface area contributed by atoms with E-state index in [0.29, 0.717) is 13.1 Å². The molecule has 0 aliphatic rings. The van der Waals surface area contributed by atoms with Crippen molar-refractivity contribution in [3.05, 3.63) is 48.4 Å². The molecule has 2 aromatic rings. The lowest BCUT2D eigenvalue weighted by Gasteiger charge is -2.22. The van der Waals surface area contributed by atoms with Gasteiger partial charge in [0.05, 0.1) is 32.5 Å². The Kier molecular flexibility index (Phi) is 11.5. The molecule has 162 valence electrons. The highest BCUT2D eigenvalue weighted by Gasteiger charge is 2.17. The number of nitrogens with one attached hydrogen (secondary N) is 2. The van der Waals surface area contributed by atoms with E-state index in [1.165, 1.54) is 0 Å². The van der Waals surface area contributed by atoms with Crippen LogP contribution in [0.5, 0.6) is 11.5 Å². The number of benzene rings is 1. The smallest absolute Gasteiger partial charge is 0.191 e. The number of methoxy groups -OCH3 is 1. The van der Waals surface area contributed by atoms with Crippen LogP contribution in [-0.4, -0.2) is 57.8 Å². The molecule has 0 fully saturated rings. The van der Waals surface area contributed by atoms with Gasteiger partial charge in [0, 0.05) is 12.6 Å². The van der Waals surface area contributed by atoms with Gasteiger partial charge in [-0.3, -0.25) is 9.89 Å². The predicted octanol–water partition coefficient (Wildman–Crippen LogP) is 3.53. The molecule has 0 spiro atoms. The fraction of sp³-hybridized carbons (Fsp3) is 0.476. The Bertz CT molecular complexity index is 722. The van der Waals surface area contributed by atoms with Crippen molar-refractivity contribution in [2.45, 2.75) is 26.0 Å². The highest BCUT2D eigenvalue weighted by atomic mass is 127. The van der Waals surface area contributed by atoms with Crippen LogP contribution in [0.3, 0.4) is 0 Å². The second kappa shape index (κ2) is 13.3. The van der Waals surface area contributed by atoms with Crippen molar-refractivity contribution in [3.63, 3.8) is 0 Å². The molecule has 0 bridgehead atoms. The third-order valence-corrected chi connectivity index (χ3v) is 4.20. The van der Waals surface area contributed by atoms with Gasteiger partial charge in [-0.15, -0.1) is 24.0 Å². The maximum atomic E-state index is 5.96. The van der Waals surface area contributed by atoms with Crippen LogP contribution in [-0.2, 0) is 0 Å². The van der Waals surface area contributed by atoms with Crippen LogP contribution in [0, 0.1) is 0 Å². The molecule has 0 aliphatic heterocycles. The molecule has 29 heavy (non-hydrogen) atoms. The Balaban J connectivity index is 0.00000420. The minimum absolute atomic E-state index is 0. The first kappa shape index (κ1) is 25.1. The first-order chi connectivity index (χ1) is 13.5. The quantitative estimate of drug-likeness (QED) is 0.286. The van der Waals surface area contributed by atoms with Crippen molar-refractivity contribution in [1.29, 1.82) is 0 Å². The van der Waals surface area contributed by atoms with Gasteiger partial charge in [0.15, 0.2) is 5.96 Å². The summed E-state index contributed by atoms with van der Waals surface area (Å²) < 4.78 is 16.7. The number of rotatable bonds is 10. The predicted molar refractivity (Wildman–Crippen MR) is 128 cm³/mol. The van der Waals surface area contributed by atoms with E-state index in [1.54, 1.807) is 13.4 Å². The lowest BCUT2D eigenvalue weighted by atomic mass is 10.2. The molecule has 0 radical (unpaired) electrons. The lowest BCUT2D eigenvalue weighted by Crippen LogP contribution is -2.42. The van der Waals surface area contributed by atoms with Gasteiger partial charge in [0.25, 0.3) is 0 Å². The van der Waals surface area contributed by atoms with Crippen LogP contribution in [0.25, 0.3) is 0 Å². The van der Waals surface area contributed by atoms with Crippen LogP contribution in [0.1, 0.15) is 25.6 Å². The molecular formula is C21H33IN4O3. The third kappa shape index (κ3) is 8.53. The second-order valence-corrected chi connectivity index (χ2v) is 6.70. The molecule has 1 heterocycles. The maximum Gasteiger partial charge on any atom is 0.191 e. The summed E-state index contributed by atoms with van der Waals surface area (Å²) in [7, 11) is 5.69. The van der Waals surface area contributed by atoms with Gasteiger partial charge in [-0.25, -0.2) is 0 Å². The summed E-state index contributed by atoms with van der Waals surface area (Å²) in [6, 6.07) is 11.6. The number of likely N-dealkylation sites (N-methyl/N-ethyl adjacent to an activating group) is 1. The normalized spacial score (nSPS) is 13.4. The number of guanidine groups is 1. The summed E-state index contributed by atoms with van der Waals surface area (Å²) in [4.78, 5) is 6.81. The van der Waals surface area contributed by atoms with Crippen LogP contribution in [0.4, 0.5) is 0 Å². The third-order valence-electron chi connectivity index (χ3n) is 4.20. The monoisotopic (exact) mass is 516 g/mol. The van der Waals surface area contributed by atoms with Gasteiger partial charge < -0.3 is 24.5 Å². The average molecular weight is 516 g/mol. The standard InChI is InChI=1S/C21H32N4O3.HI/c1-6-22-21(24-15-19(25(3)4)20-11-8-12-27-20)23-14-16(2)28-18-10-7-9-17(13-18)26-5;/h7-13,16,19H,6,14-15H2,1-5H3,(H2,22,23,24);1H. The summed E-state index contributed by atoms with van der Waals surface area (Å²) in [5.41, 5.74) is 0. The summed E-state index contributed by atoms with van der Waals surface area (Å²) in [6.07, 6.45) is 1.65. The van der Waals surface area contributed by atoms with Gasteiger partial charge in [-0.1, -0.05) is 6.07 Å². The first-order valence-electron chi connectivity index (χ1n) is 9.56. The molecule has 0 saturated heterocycles. The van der Waals surface area contributed by atoms with Gasteiger partial charge in [-0.2, -0.15) is 0 Å². The molecule has 2 atom stereocenters. The molecule has 0 amide bonds. The second-order valence-electron chi connectivity index (χ2n) is 6.70. The molecule has 1 aromatic heterocycles. The average Bonchev–Trinajstić information content (AvgIpc) is 3.20. The zero-order valence-corrected chi connectivity index (χ0v) is 20.2. The Labute approximate surface area is 190 Å².